The van der Waals surface area contributed by atoms with E-state index >= 15 is 0 Å². The monoisotopic (exact) mass is 396 g/mol. The first-order valence-corrected chi connectivity index (χ1v) is 9.90. The highest BCUT2D eigenvalue weighted by Gasteiger charge is 2.29. The van der Waals surface area contributed by atoms with E-state index in [1.54, 1.807) is 0 Å². The summed E-state index contributed by atoms with van der Waals surface area (Å²) in [5.41, 5.74) is 2.12. The van der Waals surface area contributed by atoms with Gasteiger partial charge in [0.15, 0.2) is 5.82 Å². The Morgan fingerprint density at radius 1 is 1.14 bits per heavy atom. The van der Waals surface area contributed by atoms with Crippen LogP contribution in [0.1, 0.15) is 11.3 Å². The number of aromatic nitrogens is 2. The Kier molecular flexibility index (Phi) is 5.50. The number of H-pyrrole nitrogens is 1. The van der Waals surface area contributed by atoms with Crippen molar-refractivity contribution >= 4 is 29.7 Å². The minimum atomic E-state index is -0.155. The summed E-state index contributed by atoms with van der Waals surface area (Å²) in [6.45, 7) is 6.09. The van der Waals surface area contributed by atoms with Crippen molar-refractivity contribution in [3.8, 4) is 0 Å². The Bertz CT molecular complexity index is 890. The van der Waals surface area contributed by atoms with E-state index in [4.69, 9.17) is 16.6 Å². The third-order valence-electron chi connectivity index (χ3n) is 5.07. The standard InChI is InChI=1S/C21H25ClN6/c1-16-15-20(25-24-16)28-19(8-5-17-3-6-18(22)7-4-17)23-10-9-21(28)27-13-11-26(2)12-14-27/h3-10,15,19H,11-14H2,1-2H3,(H,24,25). The zero-order valence-electron chi connectivity index (χ0n) is 16.2. The summed E-state index contributed by atoms with van der Waals surface area (Å²) in [7, 11) is 2.17. The van der Waals surface area contributed by atoms with Gasteiger partial charge in [-0.05, 0) is 43.8 Å². The second-order valence-corrected chi connectivity index (χ2v) is 7.65. The second-order valence-electron chi connectivity index (χ2n) is 7.22. The van der Waals surface area contributed by atoms with E-state index in [-0.39, 0.29) is 6.17 Å². The lowest BCUT2D eigenvalue weighted by Gasteiger charge is -2.41. The lowest BCUT2D eigenvalue weighted by Crippen LogP contribution is -2.50. The van der Waals surface area contributed by atoms with Crippen molar-refractivity contribution in [3.05, 3.63) is 64.6 Å². The fraction of sp³-hybridized carbons (Fsp3) is 0.333. The number of hydrogen-bond acceptors (Lipinski definition) is 5. The molecule has 2 aromatic rings. The number of likely N-dealkylation sites (N-methyl/N-ethyl adjacent to an activating group) is 1. The van der Waals surface area contributed by atoms with Crippen molar-refractivity contribution in [1.82, 2.24) is 20.0 Å². The molecule has 2 aliphatic rings. The highest BCUT2D eigenvalue weighted by atomic mass is 35.5. The maximum absolute atomic E-state index is 6.00. The zero-order valence-corrected chi connectivity index (χ0v) is 17.0. The number of allylic oxidation sites excluding steroid dienone is 1. The molecule has 0 bridgehead atoms. The molecule has 0 amide bonds. The molecule has 1 unspecified atom stereocenters. The van der Waals surface area contributed by atoms with Gasteiger partial charge >= 0.3 is 0 Å². The number of nitrogens with one attached hydrogen (secondary N) is 1. The van der Waals surface area contributed by atoms with Gasteiger partial charge in [0.05, 0.1) is 0 Å². The summed E-state index contributed by atoms with van der Waals surface area (Å²) in [4.78, 5) is 11.7. The van der Waals surface area contributed by atoms with Crippen molar-refractivity contribution in [2.45, 2.75) is 13.1 Å². The number of anilines is 1. The van der Waals surface area contributed by atoms with E-state index in [9.17, 15) is 0 Å². The maximum Gasteiger partial charge on any atom is 0.158 e. The summed E-state index contributed by atoms with van der Waals surface area (Å²) in [6, 6.07) is 9.87. The normalized spacial score (nSPS) is 20.8. The molecule has 1 saturated heterocycles. The molecular formula is C21H25ClN6. The highest BCUT2D eigenvalue weighted by Crippen LogP contribution is 2.27. The first-order valence-electron chi connectivity index (χ1n) is 9.52. The van der Waals surface area contributed by atoms with Crippen LogP contribution in [0.4, 0.5) is 5.82 Å². The fourth-order valence-corrected chi connectivity index (χ4v) is 3.59. The molecule has 1 N–H and O–H groups in total. The lowest BCUT2D eigenvalue weighted by molar-refractivity contribution is 0.182. The van der Waals surface area contributed by atoms with E-state index in [1.807, 2.05) is 37.4 Å². The number of rotatable bonds is 4. The molecule has 6 nitrogen and oxygen atoms in total. The van der Waals surface area contributed by atoms with Crippen molar-refractivity contribution in [2.75, 3.05) is 38.1 Å². The molecule has 0 aliphatic carbocycles. The number of halogens is 1. The van der Waals surface area contributed by atoms with Crippen LogP contribution >= 0.6 is 11.6 Å². The average Bonchev–Trinajstić information content (AvgIpc) is 3.14. The third-order valence-corrected chi connectivity index (χ3v) is 5.32. The van der Waals surface area contributed by atoms with Crippen LogP contribution in [0.3, 0.4) is 0 Å². The van der Waals surface area contributed by atoms with Crippen molar-refractivity contribution in [3.63, 3.8) is 0 Å². The number of aliphatic imine (C=N–C) groups is 1. The average molecular weight is 397 g/mol. The van der Waals surface area contributed by atoms with Gasteiger partial charge in [-0.25, -0.2) is 0 Å². The van der Waals surface area contributed by atoms with E-state index in [2.05, 4.69) is 56.2 Å². The van der Waals surface area contributed by atoms with Gasteiger partial charge in [0.1, 0.15) is 12.0 Å². The largest absolute Gasteiger partial charge is 0.355 e. The van der Waals surface area contributed by atoms with Gasteiger partial charge < -0.3 is 9.80 Å². The van der Waals surface area contributed by atoms with Crippen LogP contribution in [0.5, 0.6) is 0 Å². The predicted octanol–water partition coefficient (Wildman–Crippen LogP) is 3.39. The van der Waals surface area contributed by atoms with E-state index < -0.39 is 0 Å². The van der Waals surface area contributed by atoms with Gasteiger partial charge in [-0.1, -0.05) is 29.8 Å². The topological polar surface area (TPSA) is 50.8 Å². The van der Waals surface area contributed by atoms with Crippen LogP contribution < -0.4 is 4.90 Å². The summed E-state index contributed by atoms with van der Waals surface area (Å²) in [6.07, 6.45) is 8.02. The Balaban J connectivity index is 1.62. The molecule has 1 atom stereocenters. The molecule has 2 aliphatic heterocycles. The first kappa shape index (κ1) is 18.8. The molecule has 1 aromatic heterocycles. The van der Waals surface area contributed by atoms with Gasteiger partial charge in [-0.15, -0.1) is 0 Å². The van der Waals surface area contributed by atoms with Crippen molar-refractivity contribution in [2.24, 2.45) is 4.99 Å². The molecular weight excluding hydrogens is 372 g/mol. The van der Waals surface area contributed by atoms with Crippen LogP contribution in [0.25, 0.3) is 6.08 Å². The maximum atomic E-state index is 6.00. The third kappa shape index (κ3) is 4.13. The summed E-state index contributed by atoms with van der Waals surface area (Å²) in [5, 5.41) is 8.31. The number of benzene rings is 1. The number of nitrogens with zero attached hydrogens (tertiary/aromatic N) is 5. The first-order chi connectivity index (χ1) is 13.6. The van der Waals surface area contributed by atoms with Gasteiger partial charge in [0.2, 0.25) is 0 Å². The second kappa shape index (κ2) is 8.20. The summed E-state index contributed by atoms with van der Waals surface area (Å²) >= 11 is 6.00. The van der Waals surface area contributed by atoms with E-state index in [1.165, 1.54) is 0 Å². The molecule has 28 heavy (non-hydrogen) atoms. The molecule has 1 aromatic carbocycles. The molecule has 146 valence electrons. The Morgan fingerprint density at radius 3 is 2.57 bits per heavy atom. The summed E-state index contributed by atoms with van der Waals surface area (Å²) < 4.78 is 0. The fourth-order valence-electron chi connectivity index (χ4n) is 3.46. The lowest BCUT2D eigenvalue weighted by atomic mass is 10.2. The number of hydrogen-bond donors (Lipinski definition) is 1. The van der Waals surface area contributed by atoms with Gasteiger partial charge in [-0.3, -0.25) is 15.0 Å². The van der Waals surface area contributed by atoms with Crippen LogP contribution in [-0.4, -0.2) is 65.6 Å². The van der Waals surface area contributed by atoms with Crippen molar-refractivity contribution in [1.29, 1.82) is 0 Å². The Labute approximate surface area is 170 Å². The van der Waals surface area contributed by atoms with E-state index in [0.29, 0.717) is 0 Å². The van der Waals surface area contributed by atoms with Gasteiger partial charge in [0.25, 0.3) is 0 Å². The molecule has 0 spiro atoms. The minimum Gasteiger partial charge on any atom is -0.355 e. The van der Waals surface area contributed by atoms with Crippen LogP contribution in [-0.2, 0) is 0 Å². The molecule has 0 radical (unpaired) electrons. The zero-order chi connectivity index (χ0) is 19.5. The molecule has 1 fully saturated rings. The van der Waals surface area contributed by atoms with Crippen LogP contribution in [0, 0.1) is 6.92 Å². The summed E-state index contributed by atoms with van der Waals surface area (Å²) in [5.74, 6) is 2.02. The van der Waals surface area contributed by atoms with Crippen LogP contribution in [0.2, 0.25) is 5.02 Å². The molecule has 0 saturated carbocycles. The smallest absolute Gasteiger partial charge is 0.158 e. The van der Waals surface area contributed by atoms with Gasteiger partial charge in [-0.2, -0.15) is 5.10 Å². The minimum absolute atomic E-state index is 0.155. The Hall–Kier alpha value is -2.57. The van der Waals surface area contributed by atoms with Crippen molar-refractivity contribution < 1.29 is 0 Å². The Morgan fingerprint density at radius 2 is 1.89 bits per heavy atom. The van der Waals surface area contributed by atoms with E-state index in [0.717, 1.165) is 54.1 Å². The number of piperazine rings is 1. The quantitative estimate of drug-likeness (QED) is 0.860. The number of aryl methyl sites for hydroxylation is 1. The van der Waals surface area contributed by atoms with Gasteiger partial charge in [0, 0.05) is 49.2 Å². The highest BCUT2D eigenvalue weighted by molar-refractivity contribution is 6.30. The SMILES string of the molecule is Cc1cc(N2C(N3CCN(C)CC3)=CC=NC2C=Cc2ccc(Cl)cc2)n[nH]1. The molecule has 3 heterocycles. The number of aromatic amines is 1. The van der Waals surface area contributed by atoms with Crippen LogP contribution in [0.15, 0.2) is 53.3 Å². The predicted molar refractivity (Wildman–Crippen MR) is 116 cm³/mol. The molecule has 7 heteroatoms. The molecule has 4 rings (SSSR count).